The molecule has 0 aliphatic rings. The molecule has 1 atom stereocenters. The maximum Gasteiger partial charge on any atom is 0.175 e. The minimum atomic E-state index is -0.642. The van der Waals surface area contributed by atoms with Crippen molar-refractivity contribution in [3.8, 4) is 5.75 Å². The zero-order valence-electron chi connectivity index (χ0n) is 13.2. The smallest absolute Gasteiger partial charge is 0.175 e. The summed E-state index contributed by atoms with van der Waals surface area (Å²) in [6, 6.07) is 13.7. The molecule has 2 aromatic heterocycles. The molecule has 0 saturated heterocycles. The van der Waals surface area contributed by atoms with Gasteiger partial charge in [-0.05, 0) is 54.6 Å². The van der Waals surface area contributed by atoms with Crippen LogP contribution in [-0.2, 0) is 11.8 Å². The molecule has 0 aliphatic carbocycles. The van der Waals surface area contributed by atoms with Crippen LogP contribution in [0.5, 0.6) is 5.75 Å². The van der Waals surface area contributed by atoms with E-state index < -0.39 is 5.41 Å². The van der Waals surface area contributed by atoms with Gasteiger partial charge in [0.25, 0.3) is 0 Å². The first-order valence-electron chi connectivity index (χ1n) is 7.47. The van der Waals surface area contributed by atoms with E-state index in [-0.39, 0.29) is 5.78 Å². The molecule has 0 amide bonds. The SMILES string of the molecule is COc1cccc(CC(C)(C(=O)c2ccsc2)c2ccc[nH]2)c1. The van der Waals surface area contributed by atoms with Crippen molar-refractivity contribution >= 4 is 17.1 Å². The molecule has 118 valence electrons. The number of nitrogens with one attached hydrogen (secondary N) is 1. The van der Waals surface area contributed by atoms with Gasteiger partial charge < -0.3 is 9.72 Å². The van der Waals surface area contributed by atoms with Crippen LogP contribution in [0, 0.1) is 0 Å². The van der Waals surface area contributed by atoms with Crippen molar-refractivity contribution in [3.63, 3.8) is 0 Å². The van der Waals surface area contributed by atoms with Gasteiger partial charge in [0.15, 0.2) is 5.78 Å². The van der Waals surface area contributed by atoms with Gasteiger partial charge in [-0.1, -0.05) is 12.1 Å². The normalized spacial score (nSPS) is 13.5. The molecule has 0 bridgehead atoms. The fourth-order valence-corrected chi connectivity index (χ4v) is 3.51. The van der Waals surface area contributed by atoms with Crippen molar-refractivity contribution in [2.45, 2.75) is 18.8 Å². The maximum atomic E-state index is 13.1. The van der Waals surface area contributed by atoms with Gasteiger partial charge in [-0.15, -0.1) is 0 Å². The molecule has 0 fully saturated rings. The summed E-state index contributed by atoms with van der Waals surface area (Å²) < 4.78 is 5.30. The Hall–Kier alpha value is -2.33. The zero-order chi connectivity index (χ0) is 16.3. The number of hydrogen-bond acceptors (Lipinski definition) is 3. The van der Waals surface area contributed by atoms with Gasteiger partial charge in [-0.25, -0.2) is 0 Å². The molecular weight excluding hydrogens is 306 g/mol. The summed E-state index contributed by atoms with van der Waals surface area (Å²) in [6.45, 7) is 2.00. The largest absolute Gasteiger partial charge is 0.497 e. The first-order valence-corrected chi connectivity index (χ1v) is 8.41. The van der Waals surface area contributed by atoms with Crippen molar-refractivity contribution in [1.29, 1.82) is 0 Å². The predicted octanol–water partition coefficient (Wildman–Crippen LogP) is 4.47. The van der Waals surface area contributed by atoms with Crippen molar-refractivity contribution < 1.29 is 9.53 Å². The number of carbonyl (C=O) groups excluding carboxylic acids is 1. The van der Waals surface area contributed by atoms with Crippen LogP contribution >= 0.6 is 11.3 Å². The lowest BCUT2D eigenvalue weighted by molar-refractivity contribution is 0.0893. The number of carbonyl (C=O) groups is 1. The second kappa shape index (κ2) is 6.42. The highest BCUT2D eigenvalue weighted by Gasteiger charge is 2.37. The average Bonchev–Trinajstić information content (AvgIpc) is 3.27. The Morgan fingerprint density at radius 2 is 2.13 bits per heavy atom. The second-order valence-corrected chi connectivity index (χ2v) is 6.57. The van der Waals surface area contributed by atoms with Gasteiger partial charge in [0.05, 0.1) is 12.5 Å². The van der Waals surface area contributed by atoms with Crippen LogP contribution in [0.4, 0.5) is 0 Å². The van der Waals surface area contributed by atoms with E-state index in [1.807, 2.05) is 66.3 Å². The second-order valence-electron chi connectivity index (χ2n) is 5.79. The van der Waals surface area contributed by atoms with Crippen LogP contribution in [0.25, 0.3) is 0 Å². The third-order valence-corrected chi connectivity index (χ3v) is 4.85. The molecule has 4 heteroatoms. The van der Waals surface area contributed by atoms with Crippen molar-refractivity contribution in [3.05, 3.63) is 76.2 Å². The van der Waals surface area contributed by atoms with Crippen LogP contribution in [0.15, 0.2) is 59.4 Å². The molecule has 3 rings (SSSR count). The van der Waals surface area contributed by atoms with Crippen molar-refractivity contribution in [2.24, 2.45) is 0 Å². The Balaban J connectivity index is 2.00. The molecule has 0 radical (unpaired) electrons. The van der Waals surface area contributed by atoms with E-state index in [0.29, 0.717) is 6.42 Å². The number of methoxy groups -OCH3 is 1. The van der Waals surface area contributed by atoms with Crippen LogP contribution in [-0.4, -0.2) is 17.9 Å². The summed E-state index contributed by atoms with van der Waals surface area (Å²) in [5.41, 5.74) is 2.12. The van der Waals surface area contributed by atoms with Crippen molar-refractivity contribution in [1.82, 2.24) is 4.98 Å². The van der Waals surface area contributed by atoms with Crippen molar-refractivity contribution in [2.75, 3.05) is 7.11 Å². The molecular formula is C19H19NO2S. The van der Waals surface area contributed by atoms with E-state index in [2.05, 4.69) is 4.98 Å². The van der Waals surface area contributed by atoms with E-state index in [1.54, 1.807) is 18.4 Å². The maximum absolute atomic E-state index is 13.1. The van der Waals surface area contributed by atoms with Crippen LogP contribution in [0.3, 0.4) is 0 Å². The van der Waals surface area contributed by atoms with E-state index in [9.17, 15) is 4.79 Å². The number of H-pyrrole nitrogens is 1. The highest BCUT2D eigenvalue weighted by Crippen LogP contribution is 2.32. The van der Waals surface area contributed by atoms with Gasteiger partial charge in [0, 0.05) is 22.8 Å². The van der Waals surface area contributed by atoms with E-state index in [4.69, 9.17) is 4.74 Å². The first kappa shape index (κ1) is 15.6. The lowest BCUT2D eigenvalue weighted by Crippen LogP contribution is -2.35. The molecule has 0 saturated carbocycles. The van der Waals surface area contributed by atoms with Gasteiger partial charge in [0.2, 0.25) is 0 Å². The lowest BCUT2D eigenvalue weighted by Gasteiger charge is -2.27. The molecule has 1 unspecified atom stereocenters. The number of aromatic nitrogens is 1. The highest BCUT2D eigenvalue weighted by molar-refractivity contribution is 7.08. The molecule has 0 spiro atoms. The standard InChI is InChI=1S/C19H19NO2S/c1-19(17-7-4-9-20-17,18(21)15-8-10-23-13-15)12-14-5-3-6-16(11-14)22-2/h3-11,13,20H,12H2,1-2H3. The van der Waals surface area contributed by atoms with Crippen LogP contribution in [0.1, 0.15) is 28.5 Å². The fourth-order valence-electron chi connectivity index (χ4n) is 2.87. The Morgan fingerprint density at radius 3 is 2.78 bits per heavy atom. The summed E-state index contributed by atoms with van der Waals surface area (Å²) in [5.74, 6) is 0.934. The Labute approximate surface area is 139 Å². The number of thiophene rings is 1. The topological polar surface area (TPSA) is 42.1 Å². The quantitative estimate of drug-likeness (QED) is 0.680. The Bertz CT molecular complexity index is 778. The van der Waals surface area contributed by atoms with E-state index in [1.165, 1.54) is 0 Å². The molecule has 1 aromatic carbocycles. The summed E-state index contributed by atoms with van der Waals surface area (Å²) in [4.78, 5) is 16.4. The number of rotatable bonds is 6. The average molecular weight is 325 g/mol. The summed E-state index contributed by atoms with van der Waals surface area (Å²) in [6.07, 6.45) is 2.47. The summed E-state index contributed by atoms with van der Waals surface area (Å²) in [7, 11) is 1.65. The molecule has 3 aromatic rings. The van der Waals surface area contributed by atoms with E-state index in [0.717, 1.165) is 22.6 Å². The Kier molecular flexibility index (Phi) is 4.35. The number of hydrogen-bond donors (Lipinski definition) is 1. The number of Topliss-reactive ketones (excluding diaryl/α,β-unsaturated/α-hetero) is 1. The summed E-state index contributed by atoms with van der Waals surface area (Å²) >= 11 is 1.54. The monoisotopic (exact) mass is 325 g/mol. The molecule has 2 heterocycles. The number of aromatic amines is 1. The first-order chi connectivity index (χ1) is 11.1. The molecule has 23 heavy (non-hydrogen) atoms. The Morgan fingerprint density at radius 1 is 1.26 bits per heavy atom. The number of ether oxygens (including phenoxy) is 1. The predicted molar refractivity (Wildman–Crippen MR) is 93.5 cm³/mol. The highest BCUT2D eigenvalue weighted by atomic mass is 32.1. The fraction of sp³-hybridized carbons (Fsp3) is 0.211. The molecule has 1 N–H and O–H groups in total. The van der Waals surface area contributed by atoms with Gasteiger partial charge in [-0.3, -0.25) is 4.79 Å². The van der Waals surface area contributed by atoms with Crippen LogP contribution in [0.2, 0.25) is 0 Å². The zero-order valence-corrected chi connectivity index (χ0v) is 14.0. The third kappa shape index (κ3) is 3.08. The molecule has 3 nitrogen and oxygen atoms in total. The lowest BCUT2D eigenvalue weighted by atomic mass is 9.75. The minimum Gasteiger partial charge on any atom is -0.497 e. The number of ketones is 1. The van der Waals surface area contributed by atoms with E-state index >= 15 is 0 Å². The van der Waals surface area contributed by atoms with Gasteiger partial charge in [-0.2, -0.15) is 11.3 Å². The summed E-state index contributed by atoms with van der Waals surface area (Å²) in [5, 5.41) is 3.85. The third-order valence-electron chi connectivity index (χ3n) is 4.17. The minimum absolute atomic E-state index is 0.129. The van der Waals surface area contributed by atoms with Crippen LogP contribution < -0.4 is 4.74 Å². The molecule has 0 aliphatic heterocycles. The number of benzene rings is 1. The van der Waals surface area contributed by atoms with Gasteiger partial charge >= 0.3 is 0 Å². The van der Waals surface area contributed by atoms with Gasteiger partial charge in [0.1, 0.15) is 5.75 Å².